The Morgan fingerprint density at radius 2 is 2.00 bits per heavy atom. The van der Waals surface area contributed by atoms with E-state index in [4.69, 9.17) is 5.14 Å². The van der Waals surface area contributed by atoms with Crippen molar-refractivity contribution >= 4 is 27.3 Å². The maximum Gasteiger partial charge on any atom is 0.411 e. The second-order valence-electron chi connectivity index (χ2n) is 4.64. The lowest BCUT2D eigenvalue weighted by molar-refractivity contribution is -0.163. The van der Waals surface area contributed by atoms with E-state index in [0.29, 0.717) is 11.3 Å². The zero-order valence-corrected chi connectivity index (χ0v) is 11.9. The SMILES string of the molecule is Cc1c(C(=O)NC2(C(F)(F)F)CC2)csc1S(N)(=O)=O. The summed E-state index contributed by atoms with van der Waals surface area (Å²) in [5.74, 6) is -0.941. The van der Waals surface area contributed by atoms with Crippen molar-refractivity contribution in [2.24, 2.45) is 5.14 Å². The Bertz CT molecular complexity index is 660. The van der Waals surface area contributed by atoms with Crippen LogP contribution in [-0.4, -0.2) is 26.0 Å². The van der Waals surface area contributed by atoms with Gasteiger partial charge >= 0.3 is 6.18 Å². The summed E-state index contributed by atoms with van der Waals surface area (Å²) in [4.78, 5) is 11.9. The summed E-state index contributed by atoms with van der Waals surface area (Å²) in [5.41, 5.74) is -2.22. The molecule has 0 bridgehead atoms. The first kappa shape index (κ1) is 15.3. The van der Waals surface area contributed by atoms with Gasteiger partial charge in [0.05, 0.1) is 5.56 Å². The van der Waals surface area contributed by atoms with Gasteiger partial charge in [0.1, 0.15) is 9.75 Å². The Morgan fingerprint density at radius 1 is 1.45 bits per heavy atom. The molecule has 1 fully saturated rings. The van der Waals surface area contributed by atoms with Crippen molar-refractivity contribution in [1.29, 1.82) is 0 Å². The van der Waals surface area contributed by atoms with Gasteiger partial charge in [-0.15, -0.1) is 11.3 Å². The van der Waals surface area contributed by atoms with Crippen LogP contribution < -0.4 is 10.5 Å². The number of carbonyl (C=O) groups excluding carboxylic acids is 1. The van der Waals surface area contributed by atoms with E-state index in [1.54, 1.807) is 0 Å². The average molecular weight is 328 g/mol. The summed E-state index contributed by atoms with van der Waals surface area (Å²) in [5, 5.41) is 8.08. The van der Waals surface area contributed by atoms with Gasteiger partial charge in [-0.05, 0) is 25.3 Å². The Kier molecular flexibility index (Phi) is 3.38. The highest BCUT2D eigenvalue weighted by Crippen LogP contribution is 2.49. The molecule has 0 spiro atoms. The smallest absolute Gasteiger partial charge is 0.338 e. The minimum absolute atomic E-state index is 0.0629. The van der Waals surface area contributed by atoms with E-state index in [2.05, 4.69) is 0 Å². The highest BCUT2D eigenvalue weighted by molar-refractivity contribution is 7.91. The first-order chi connectivity index (χ1) is 8.98. The fourth-order valence-electron chi connectivity index (χ4n) is 1.79. The Balaban J connectivity index is 2.26. The minimum Gasteiger partial charge on any atom is -0.338 e. The standard InChI is InChI=1S/C10H11F3N2O3S2/c1-5-6(4-19-8(5)20(14,17)18)7(16)15-9(2-3-9)10(11,12)13/h4H,2-3H2,1H3,(H,15,16)(H2,14,17,18). The van der Waals surface area contributed by atoms with Gasteiger partial charge in [-0.2, -0.15) is 13.2 Å². The number of alkyl halides is 3. The van der Waals surface area contributed by atoms with Gasteiger partial charge in [-0.3, -0.25) is 4.79 Å². The number of rotatable bonds is 3. The molecular formula is C10H11F3N2O3S2. The lowest BCUT2D eigenvalue weighted by atomic mass is 10.2. The molecular weight excluding hydrogens is 317 g/mol. The number of nitrogens with one attached hydrogen (secondary N) is 1. The molecule has 2 rings (SSSR count). The number of hydrogen-bond donors (Lipinski definition) is 2. The summed E-state index contributed by atoms with van der Waals surface area (Å²) in [7, 11) is -3.99. The van der Waals surface area contributed by atoms with Crippen LogP contribution in [0.2, 0.25) is 0 Å². The van der Waals surface area contributed by atoms with E-state index in [9.17, 15) is 26.4 Å². The Hall–Kier alpha value is -1.13. The number of amides is 1. The number of halogens is 3. The molecule has 0 aromatic carbocycles. The molecule has 1 aromatic rings. The van der Waals surface area contributed by atoms with Crippen LogP contribution in [0.3, 0.4) is 0 Å². The van der Waals surface area contributed by atoms with Crippen molar-refractivity contribution in [1.82, 2.24) is 5.32 Å². The molecule has 20 heavy (non-hydrogen) atoms. The predicted molar refractivity (Wildman–Crippen MR) is 65.9 cm³/mol. The van der Waals surface area contributed by atoms with Gasteiger partial charge in [0.2, 0.25) is 10.0 Å². The van der Waals surface area contributed by atoms with E-state index < -0.39 is 27.6 Å². The zero-order chi connectivity index (χ0) is 15.3. The van der Waals surface area contributed by atoms with Crippen LogP contribution >= 0.6 is 11.3 Å². The molecule has 0 unspecified atom stereocenters. The molecule has 5 nitrogen and oxygen atoms in total. The van der Waals surface area contributed by atoms with Crippen LogP contribution in [0.1, 0.15) is 28.8 Å². The number of thiophene rings is 1. The second kappa shape index (κ2) is 4.43. The molecule has 1 amide bonds. The number of primary sulfonamides is 1. The van der Waals surface area contributed by atoms with E-state index in [0.717, 1.165) is 0 Å². The molecule has 1 aliphatic carbocycles. The van der Waals surface area contributed by atoms with Gasteiger partial charge in [0, 0.05) is 5.38 Å². The first-order valence-electron chi connectivity index (χ1n) is 5.48. The lowest BCUT2D eigenvalue weighted by Crippen LogP contribution is -2.47. The number of nitrogens with two attached hydrogens (primary N) is 1. The van der Waals surface area contributed by atoms with Crippen LogP contribution in [0.15, 0.2) is 9.59 Å². The van der Waals surface area contributed by atoms with Gasteiger partial charge in [0.25, 0.3) is 5.91 Å². The molecule has 0 radical (unpaired) electrons. The second-order valence-corrected chi connectivity index (χ2v) is 7.28. The topological polar surface area (TPSA) is 89.3 Å². The van der Waals surface area contributed by atoms with Crippen molar-refractivity contribution in [2.75, 3.05) is 0 Å². The van der Waals surface area contributed by atoms with Crippen LogP contribution in [0.25, 0.3) is 0 Å². The summed E-state index contributed by atoms with van der Waals surface area (Å²) in [6, 6.07) is 0. The van der Waals surface area contributed by atoms with E-state index in [1.807, 2.05) is 5.32 Å². The summed E-state index contributed by atoms with van der Waals surface area (Å²) < 4.78 is 60.4. The summed E-state index contributed by atoms with van der Waals surface area (Å²) >= 11 is 0.710. The Labute approximate surface area is 117 Å². The molecule has 1 aromatic heterocycles. The van der Waals surface area contributed by atoms with Crippen LogP contribution in [0, 0.1) is 6.92 Å². The van der Waals surface area contributed by atoms with Crippen LogP contribution in [0.5, 0.6) is 0 Å². The van der Waals surface area contributed by atoms with Crippen LogP contribution in [-0.2, 0) is 10.0 Å². The molecule has 0 atom stereocenters. The highest BCUT2D eigenvalue weighted by atomic mass is 32.2. The predicted octanol–water partition coefficient (Wildman–Crippen LogP) is 1.53. The van der Waals surface area contributed by atoms with Crippen molar-refractivity contribution in [3.8, 4) is 0 Å². The monoisotopic (exact) mass is 328 g/mol. The minimum atomic E-state index is -4.52. The zero-order valence-electron chi connectivity index (χ0n) is 10.2. The quantitative estimate of drug-likeness (QED) is 0.882. The summed E-state index contributed by atoms with van der Waals surface area (Å²) in [6.45, 7) is 1.33. The molecule has 1 aliphatic rings. The maximum atomic E-state index is 12.7. The average Bonchev–Trinajstić information content (AvgIpc) is 2.92. The molecule has 0 aliphatic heterocycles. The fourth-order valence-corrected chi connectivity index (χ4v) is 3.81. The van der Waals surface area contributed by atoms with Crippen LogP contribution in [0.4, 0.5) is 13.2 Å². The molecule has 10 heteroatoms. The molecule has 1 heterocycles. The van der Waals surface area contributed by atoms with Crippen molar-refractivity contribution in [3.05, 3.63) is 16.5 Å². The van der Waals surface area contributed by atoms with Crippen molar-refractivity contribution in [3.63, 3.8) is 0 Å². The Morgan fingerprint density at radius 3 is 2.35 bits per heavy atom. The number of sulfonamides is 1. The van der Waals surface area contributed by atoms with Gasteiger partial charge in [-0.25, -0.2) is 13.6 Å². The molecule has 1 saturated carbocycles. The molecule has 0 saturated heterocycles. The van der Waals surface area contributed by atoms with E-state index in [-0.39, 0.29) is 28.2 Å². The van der Waals surface area contributed by atoms with Gasteiger partial charge in [-0.1, -0.05) is 0 Å². The van der Waals surface area contributed by atoms with Crippen molar-refractivity contribution in [2.45, 2.75) is 35.7 Å². The fraction of sp³-hybridized carbons (Fsp3) is 0.500. The normalized spacial score (nSPS) is 17.9. The molecule has 112 valence electrons. The third kappa shape index (κ3) is 2.54. The number of hydrogen-bond acceptors (Lipinski definition) is 4. The van der Waals surface area contributed by atoms with Crippen molar-refractivity contribution < 1.29 is 26.4 Å². The van der Waals surface area contributed by atoms with E-state index >= 15 is 0 Å². The number of carbonyl (C=O) groups is 1. The van der Waals surface area contributed by atoms with E-state index in [1.165, 1.54) is 12.3 Å². The summed E-state index contributed by atoms with van der Waals surface area (Å²) in [6.07, 6.45) is -4.86. The maximum absolute atomic E-state index is 12.7. The first-order valence-corrected chi connectivity index (χ1v) is 7.91. The lowest BCUT2D eigenvalue weighted by Gasteiger charge is -2.20. The van der Waals surface area contributed by atoms with Gasteiger partial charge < -0.3 is 5.32 Å². The third-order valence-electron chi connectivity index (χ3n) is 3.14. The largest absolute Gasteiger partial charge is 0.411 e. The third-order valence-corrected chi connectivity index (χ3v) is 5.82. The molecule has 3 N–H and O–H groups in total. The highest BCUT2D eigenvalue weighted by Gasteiger charge is 2.64. The van der Waals surface area contributed by atoms with Gasteiger partial charge in [0.15, 0.2) is 0 Å².